The third-order valence-electron chi connectivity index (χ3n) is 5.71. The third kappa shape index (κ3) is 6.38. The van der Waals surface area contributed by atoms with E-state index >= 15 is 0 Å². The highest BCUT2D eigenvalue weighted by molar-refractivity contribution is 5.20. The van der Waals surface area contributed by atoms with Gasteiger partial charge in [0.05, 0.1) is 26.4 Å². The lowest BCUT2D eigenvalue weighted by molar-refractivity contribution is -0.201. The van der Waals surface area contributed by atoms with Crippen molar-refractivity contribution in [2.24, 2.45) is 0 Å². The van der Waals surface area contributed by atoms with E-state index in [9.17, 15) is 10.2 Å². The fourth-order valence-electron chi connectivity index (χ4n) is 3.92. The zero-order valence-corrected chi connectivity index (χ0v) is 18.5. The summed E-state index contributed by atoms with van der Waals surface area (Å²) in [4.78, 5) is 0. The predicted molar refractivity (Wildman–Crippen MR) is 126 cm³/mol. The topological polar surface area (TPSA) is 68.2 Å². The van der Waals surface area contributed by atoms with Crippen LogP contribution in [0.5, 0.6) is 0 Å². The van der Waals surface area contributed by atoms with Gasteiger partial charge in [0.2, 0.25) is 0 Å². The second-order valence-electron chi connectivity index (χ2n) is 8.30. The molecule has 0 fully saturated rings. The van der Waals surface area contributed by atoms with Gasteiger partial charge >= 0.3 is 0 Å². The summed E-state index contributed by atoms with van der Waals surface area (Å²) < 4.78 is 18.2. The van der Waals surface area contributed by atoms with E-state index in [-0.39, 0.29) is 13.2 Å². The van der Waals surface area contributed by atoms with Crippen LogP contribution in [0.25, 0.3) is 0 Å². The zero-order valence-electron chi connectivity index (χ0n) is 18.5. The predicted octanol–water partition coefficient (Wildman–Crippen LogP) is 4.04. The van der Waals surface area contributed by atoms with Crippen LogP contribution in [-0.4, -0.2) is 40.7 Å². The van der Waals surface area contributed by atoms with Crippen LogP contribution in [-0.2, 0) is 34.0 Å². The van der Waals surface area contributed by atoms with Gasteiger partial charge in [0.1, 0.15) is 23.9 Å². The molecule has 0 unspecified atom stereocenters. The Morgan fingerprint density at radius 2 is 1.15 bits per heavy atom. The Kier molecular flexibility index (Phi) is 8.05. The van der Waals surface area contributed by atoms with Crippen molar-refractivity contribution in [1.82, 2.24) is 0 Å². The summed E-state index contributed by atoms with van der Waals surface area (Å²) >= 11 is 0. The molecule has 0 amide bonds. The summed E-state index contributed by atoms with van der Waals surface area (Å²) in [5, 5.41) is 22.3. The van der Waals surface area contributed by atoms with Gasteiger partial charge in [0.15, 0.2) is 0 Å². The SMILES string of the molecule is O[C@H]1C=C[C@@](O)(COCc2ccccc2)[C@@H](OCc2ccccc2)[C@H]1OCc1ccccc1. The zero-order chi connectivity index (χ0) is 22.9. The highest BCUT2D eigenvalue weighted by atomic mass is 16.6. The van der Waals surface area contributed by atoms with Crippen molar-refractivity contribution >= 4 is 0 Å². The number of aliphatic hydroxyl groups excluding tert-OH is 1. The van der Waals surface area contributed by atoms with E-state index in [0.29, 0.717) is 13.2 Å². The number of hydrogen-bond donors (Lipinski definition) is 2. The first-order valence-electron chi connectivity index (χ1n) is 11.2. The van der Waals surface area contributed by atoms with Gasteiger partial charge in [-0.15, -0.1) is 0 Å². The summed E-state index contributed by atoms with van der Waals surface area (Å²) in [7, 11) is 0. The molecule has 0 aromatic heterocycles. The molecule has 2 N–H and O–H groups in total. The lowest BCUT2D eigenvalue weighted by Crippen LogP contribution is -2.58. The lowest BCUT2D eigenvalue weighted by Gasteiger charge is -2.42. The van der Waals surface area contributed by atoms with Gasteiger partial charge in [-0.2, -0.15) is 0 Å². The van der Waals surface area contributed by atoms with Crippen molar-refractivity contribution in [2.45, 2.75) is 43.7 Å². The maximum absolute atomic E-state index is 11.5. The minimum absolute atomic E-state index is 0.00969. The number of benzene rings is 3. The Hall–Kier alpha value is -2.80. The smallest absolute Gasteiger partial charge is 0.135 e. The van der Waals surface area contributed by atoms with Crippen LogP contribution in [0.15, 0.2) is 103 Å². The Labute approximate surface area is 194 Å². The van der Waals surface area contributed by atoms with Crippen LogP contribution in [0.3, 0.4) is 0 Å². The molecule has 1 aliphatic rings. The number of rotatable bonds is 10. The van der Waals surface area contributed by atoms with Crippen LogP contribution < -0.4 is 0 Å². The van der Waals surface area contributed by atoms with Gasteiger partial charge < -0.3 is 24.4 Å². The van der Waals surface area contributed by atoms with Gasteiger partial charge in [0.25, 0.3) is 0 Å². The van der Waals surface area contributed by atoms with Crippen molar-refractivity contribution < 1.29 is 24.4 Å². The summed E-state index contributed by atoms with van der Waals surface area (Å²) in [5.41, 5.74) is 1.50. The second kappa shape index (κ2) is 11.4. The Morgan fingerprint density at radius 1 is 0.667 bits per heavy atom. The summed E-state index contributed by atoms with van der Waals surface area (Å²) in [6.07, 6.45) is 0.635. The van der Waals surface area contributed by atoms with Crippen LogP contribution in [0, 0.1) is 0 Å². The molecule has 1 aliphatic carbocycles. The van der Waals surface area contributed by atoms with E-state index < -0.39 is 23.9 Å². The van der Waals surface area contributed by atoms with Crippen LogP contribution in [0.1, 0.15) is 16.7 Å². The monoisotopic (exact) mass is 446 g/mol. The number of ether oxygens (including phenoxy) is 3. The van der Waals surface area contributed by atoms with E-state index in [2.05, 4.69) is 0 Å². The quantitative estimate of drug-likeness (QED) is 0.460. The van der Waals surface area contributed by atoms with Gasteiger partial charge in [-0.05, 0) is 22.8 Å². The average Bonchev–Trinajstić information content (AvgIpc) is 2.86. The van der Waals surface area contributed by atoms with Crippen molar-refractivity contribution in [1.29, 1.82) is 0 Å². The highest BCUT2D eigenvalue weighted by Gasteiger charge is 2.47. The van der Waals surface area contributed by atoms with Gasteiger partial charge in [-0.1, -0.05) is 97.1 Å². The molecular formula is C28H30O5. The first-order valence-corrected chi connectivity index (χ1v) is 11.2. The Balaban J connectivity index is 1.49. The average molecular weight is 447 g/mol. The fraction of sp³-hybridized carbons (Fsp3) is 0.286. The number of aliphatic hydroxyl groups is 2. The molecule has 0 aliphatic heterocycles. The summed E-state index contributed by atoms with van der Waals surface area (Å²) in [6.45, 7) is 0.942. The molecule has 0 spiro atoms. The van der Waals surface area contributed by atoms with Gasteiger partial charge in [-0.3, -0.25) is 0 Å². The van der Waals surface area contributed by atoms with Gasteiger partial charge in [-0.25, -0.2) is 0 Å². The Morgan fingerprint density at radius 3 is 1.70 bits per heavy atom. The second-order valence-corrected chi connectivity index (χ2v) is 8.30. The molecule has 0 radical (unpaired) electrons. The van der Waals surface area contributed by atoms with E-state index in [0.717, 1.165) is 16.7 Å². The minimum Gasteiger partial charge on any atom is -0.386 e. The molecule has 0 saturated heterocycles. The van der Waals surface area contributed by atoms with Crippen LogP contribution >= 0.6 is 0 Å². The molecular weight excluding hydrogens is 416 g/mol. The molecule has 0 saturated carbocycles. The van der Waals surface area contributed by atoms with Crippen molar-refractivity contribution in [2.75, 3.05) is 6.61 Å². The Bertz CT molecular complexity index is 993. The number of hydrogen-bond acceptors (Lipinski definition) is 5. The van der Waals surface area contributed by atoms with E-state index in [4.69, 9.17) is 14.2 Å². The normalized spacial score (nSPS) is 24.6. The fourth-order valence-corrected chi connectivity index (χ4v) is 3.92. The van der Waals surface area contributed by atoms with E-state index in [1.54, 1.807) is 12.2 Å². The first kappa shape index (κ1) is 23.4. The molecule has 3 aromatic rings. The highest BCUT2D eigenvalue weighted by Crippen LogP contribution is 2.30. The van der Waals surface area contributed by atoms with Gasteiger partial charge in [0, 0.05) is 0 Å². The van der Waals surface area contributed by atoms with E-state index in [1.807, 2.05) is 91.0 Å². The van der Waals surface area contributed by atoms with Crippen LogP contribution in [0.2, 0.25) is 0 Å². The molecule has 0 bridgehead atoms. The maximum Gasteiger partial charge on any atom is 0.135 e. The minimum atomic E-state index is -1.45. The molecule has 172 valence electrons. The first-order chi connectivity index (χ1) is 16.1. The van der Waals surface area contributed by atoms with Crippen molar-refractivity contribution in [3.05, 3.63) is 120 Å². The third-order valence-corrected chi connectivity index (χ3v) is 5.71. The standard InChI is InChI=1S/C28H30O5/c29-25-16-17-28(30,21-31-18-22-10-4-1-5-11-22)27(33-20-24-14-8-3-9-15-24)26(25)32-19-23-12-6-2-7-13-23/h1-17,25-27,29-30H,18-21H2/t25-,26-,27-,28+/m0/s1. The molecule has 3 aromatic carbocycles. The molecule has 5 heteroatoms. The van der Waals surface area contributed by atoms with E-state index in [1.165, 1.54) is 0 Å². The summed E-state index contributed by atoms with van der Waals surface area (Å²) in [5.74, 6) is 0. The molecule has 0 heterocycles. The van der Waals surface area contributed by atoms with Crippen LogP contribution in [0.4, 0.5) is 0 Å². The molecule has 4 atom stereocenters. The molecule has 5 nitrogen and oxygen atoms in total. The molecule has 33 heavy (non-hydrogen) atoms. The van der Waals surface area contributed by atoms with Crippen molar-refractivity contribution in [3.8, 4) is 0 Å². The maximum atomic E-state index is 11.5. The molecule has 4 rings (SSSR count). The lowest BCUT2D eigenvalue weighted by atomic mass is 9.84. The largest absolute Gasteiger partial charge is 0.386 e. The van der Waals surface area contributed by atoms with Crippen molar-refractivity contribution in [3.63, 3.8) is 0 Å². The summed E-state index contributed by atoms with van der Waals surface area (Å²) in [6, 6.07) is 29.3.